The normalized spacial score (nSPS) is 12.1. The van der Waals surface area contributed by atoms with Gasteiger partial charge in [-0.05, 0) is 29.1 Å². The van der Waals surface area contributed by atoms with Crippen LogP contribution in [0.2, 0.25) is 0 Å². The quantitative estimate of drug-likeness (QED) is 0.907. The van der Waals surface area contributed by atoms with E-state index in [9.17, 15) is 9.90 Å². The molecule has 1 aromatic carbocycles. The first-order chi connectivity index (χ1) is 8.66. The van der Waals surface area contributed by atoms with E-state index in [0.29, 0.717) is 4.88 Å². The number of halogens is 1. The molecule has 2 N–H and O–H groups in total. The molecular weight excluding hydrogens is 314 g/mol. The van der Waals surface area contributed by atoms with Crippen LogP contribution < -0.4 is 5.32 Å². The van der Waals surface area contributed by atoms with Crippen molar-refractivity contribution in [1.82, 2.24) is 5.32 Å². The zero-order chi connectivity index (χ0) is 13.0. The number of benzene rings is 1. The highest BCUT2D eigenvalue weighted by atomic mass is 79.9. The highest BCUT2D eigenvalue weighted by Crippen LogP contribution is 2.16. The number of rotatable bonds is 4. The zero-order valence-electron chi connectivity index (χ0n) is 9.47. The summed E-state index contributed by atoms with van der Waals surface area (Å²) in [4.78, 5) is 12.3. The van der Waals surface area contributed by atoms with Crippen molar-refractivity contribution in [2.24, 2.45) is 0 Å². The molecule has 94 valence electrons. The topological polar surface area (TPSA) is 49.3 Å². The molecule has 0 spiro atoms. The minimum Gasteiger partial charge on any atom is -0.387 e. The number of amides is 1. The highest BCUT2D eigenvalue weighted by molar-refractivity contribution is 9.10. The van der Waals surface area contributed by atoms with Crippen molar-refractivity contribution in [3.05, 3.63) is 56.7 Å². The Morgan fingerprint density at radius 3 is 2.67 bits per heavy atom. The second-order valence-corrected chi connectivity index (χ2v) is 5.62. The Morgan fingerprint density at radius 2 is 2.06 bits per heavy atom. The lowest BCUT2D eigenvalue weighted by Crippen LogP contribution is -2.27. The van der Waals surface area contributed by atoms with Crippen LogP contribution in [-0.4, -0.2) is 17.6 Å². The van der Waals surface area contributed by atoms with Gasteiger partial charge in [0.25, 0.3) is 5.91 Å². The van der Waals surface area contributed by atoms with Crippen molar-refractivity contribution in [1.29, 1.82) is 0 Å². The number of aliphatic hydroxyl groups is 1. The number of thiophene rings is 1. The predicted molar refractivity (Wildman–Crippen MR) is 75.8 cm³/mol. The van der Waals surface area contributed by atoms with E-state index in [-0.39, 0.29) is 12.5 Å². The van der Waals surface area contributed by atoms with Gasteiger partial charge in [-0.15, -0.1) is 11.3 Å². The maximum absolute atomic E-state index is 11.7. The molecule has 0 aliphatic heterocycles. The molecule has 1 aromatic heterocycles. The zero-order valence-corrected chi connectivity index (χ0v) is 11.9. The Bertz CT molecular complexity index is 510. The van der Waals surface area contributed by atoms with Crippen LogP contribution in [-0.2, 0) is 0 Å². The number of aliphatic hydroxyl groups excluding tert-OH is 1. The van der Waals surface area contributed by atoms with E-state index in [0.717, 1.165) is 10.0 Å². The molecule has 0 aliphatic carbocycles. The summed E-state index contributed by atoms with van der Waals surface area (Å²) in [6, 6.07) is 11.0. The van der Waals surface area contributed by atoms with Crippen molar-refractivity contribution < 1.29 is 9.90 Å². The first kappa shape index (κ1) is 13.3. The third-order valence-corrected chi connectivity index (χ3v) is 3.85. The largest absolute Gasteiger partial charge is 0.387 e. The molecule has 0 saturated heterocycles. The maximum Gasteiger partial charge on any atom is 0.261 e. The summed E-state index contributed by atoms with van der Waals surface area (Å²) < 4.78 is 0.959. The third kappa shape index (κ3) is 3.41. The SMILES string of the molecule is O=C(NCC(O)c1ccc(Br)cc1)c1cccs1. The Hall–Kier alpha value is -1.17. The Labute approximate surface area is 118 Å². The summed E-state index contributed by atoms with van der Waals surface area (Å²) in [5.74, 6) is -0.152. The molecule has 0 bridgehead atoms. The summed E-state index contributed by atoms with van der Waals surface area (Å²) in [5, 5.41) is 14.5. The molecule has 0 radical (unpaired) electrons. The van der Waals surface area contributed by atoms with E-state index < -0.39 is 6.10 Å². The Morgan fingerprint density at radius 1 is 1.33 bits per heavy atom. The fraction of sp³-hybridized carbons (Fsp3) is 0.154. The van der Waals surface area contributed by atoms with E-state index in [1.54, 1.807) is 6.07 Å². The van der Waals surface area contributed by atoms with E-state index in [1.807, 2.05) is 35.7 Å². The van der Waals surface area contributed by atoms with E-state index >= 15 is 0 Å². The van der Waals surface area contributed by atoms with Crippen molar-refractivity contribution >= 4 is 33.2 Å². The molecule has 0 fully saturated rings. The molecule has 3 nitrogen and oxygen atoms in total. The second kappa shape index (κ2) is 6.13. The average Bonchev–Trinajstić information content (AvgIpc) is 2.90. The Kier molecular flexibility index (Phi) is 4.52. The fourth-order valence-electron chi connectivity index (χ4n) is 1.49. The summed E-state index contributed by atoms with van der Waals surface area (Å²) in [5.41, 5.74) is 0.782. The first-order valence-corrected chi connectivity index (χ1v) is 7.09. The molecule has 1 atom stereocenters. The Balaban J connectivity index is 1.90. The van der Waals surface area contributed by atoms with Gasteiger partial charge in [-0.2, -0.15) is 0 Å². The van der Waals surface area contributed by atoms with Crippen LogP contribution >= 0.6 is 27.3 Å². The van der Waals surface area contributed by atoms with Crippen LogP contribution in [0.25, 0.3) is 0 Å². The monoisotopic (exact) mass is 325 g/mol. The van der Waals surface area contributed by atoms with Gasteiger partial charge < -0.3 is 10.4 Å². The van der Waals surface area contributed by atoms with Crippen molar-refractivity contribution in [3.63, 3.8) is 0 Å². The second-order valence-electron chi connectivity index (χ2n) is 3.75. The standard InChI is InChI=1S/C13H12BrNO2S/c14-10-5-3-9(4-6-10)11(16)8-15-13(17)12-2-1-7-18-12/h1-7,11,16H,8H2,(H,15,17). The number of nitrogens with one attached hydrogen (secondary N) is 1. The molecule has 1 heterocycles. The van der Waals surface area contributed by atoms with Crippen LogP contribution in [0.15, 0.2) is 46.3 Å². The van der Waals surface area contributed by atoms with Crippen LogP contribution in [0.3, 0.4) is 0 Å². The van der Waals surface area contributed by atoms with E-state index in [4.69, 9.17) is 0 Å². The van der Waals surface area contributed by atoms with Crippen molar-refractivity contribution in [2.45, 2.75) is 6.10 Å². The molecule has 1 amide bonds. The van der Waals surface area contributed by atoms with Gasteiger partial charge in [0, 0.05) is 11.0 Å². The lowest BCUT2D eigenvalue weighted by Gasteiger charge is -2.11. The molecular formula is C13H12BrNO2S. The summed E-state index contributed by atoms with van der Waals surface area (Å²) in [6.07, 6.45) is -0.693. The predicted octanol–water partition coefficient (Wildman–Crippen LogP) is 2.97. The molecule has 2 rings (SSSR count). The number of carbonyl (C=O) groups is 1. The smallest absolute Gasteiger partial charge is 0.261 e. The van der Waals surface area contributed by atoms with Crippen LogP contribution in [0.4, 0.5) is 0 Å². The first-order valence-electron chi connectivity index (χ1n) is 5.42. The molecule has 0 aliphatic rings. The minimum atomic E-state index is -0.693. The fourth-order valence-corrected chi connectivity index (χ4v) is 2.39. The van der Waals surface area contributed by atoms with Gasteiger partial charge in [-0.1, -0.05) is 34.1 Å². The molecule has 5 heteroatoms. The number of carbonyl (C=O) groups excluding carboxylic acids is 1. The lowest BCUT2D eigenvalue weighted by atomic mass is 10.1. The third-order valence-electron chi connectivity index (χ3n) is 2.46. The van der Waals surface area contributed by atoms with Crippen LogP contribution in [0.1, 0.15) is 21.3 Å². The van der Waals surface area contributed by atoms with E-state index in [1.165, 1.54) is 11.3 Å². The lowest BCUT2D eigenvalue weighted by molar-refractivity contribution is 0.0920. The number of hydrogen-bond acceptors (Lipinski definition) is 3. The van der Waals surface area contributed by atoms with Crippen LogP contribution in [0, 0.1) is 0 Å². The van der Waals surface area contributed by atoms with E-state index in [2.05, 4.69) is 21.2 Å². The number of hydrogen-bond donors (Lipinski definition) is 2. The van der Waals surface area contributed by atoms with Crippen molar-refractivity contribution in [2.75, 3.05) is 6.54 Å². The van der Waals surface area contributed by atoms with Crippen LogP contribution in [0.5, 0.6) is 0 Å². The van der Waals surface area contributed by atoms with Gasteiger partial charge in [-0.25, -0.2) is 0 Å². The summed E-state index contributed by atoms with van der Waals surface area (Å²) >= 11 is 4.71. The highest BCUT2D eigenvalue weighted by Gasteiger charge is 2.11. The molecule has 1 unspecified atom stereocenters. The molecule has 2 aromatic rings. The van der Waals surface area contributed by atoms with Gasteiger partial charge >= 0.3 is 0 Å². The van der Waals surface area contributed by atoms with Gasteiger partial charge in [0.2, 0.25) is 0 Å². The summed E-state index contributed by atoms with van der Waals surface area (Å²) in [6.45, 7) is 0.207. The van der Waals surface area contributed by atoms with Gasteiger partial charge in [0.15, 0.2) is 0 Å². The minimum absolute atomic E-state index is 0.152. The average molecular weight is 326 g/mol. The maximum atomic E-state index is 11.7. The van der Waals surface area contributed by atoms with Gasteiger partial charge in [0.05, 0.1) is 11.0 Å². The molecule has 0 saturated carbocycles. The molecule has 18 heavy (non-hydrogen) atoms. The van der Waals surface area contributed by atoms with Gasteiger partial charge in [-0.3, -0.25) is 4.79 Å². The summed E-state index contributed by atoms with van der Waals surface area (Å²) in [7, 11) is 0. The van der Waals surface area contributed by atoms with Gasteiger partial charge in [0.1, 0.15) is 0 Å². The van der Waals surface area contributed by atoms with Crippen molar-refractivity contribution in [3.8, 4) is 0 Å².